The van der Waals surface area contributed by atoms with Crippen LogP contribution in [-0.2, 0) is 9.59 Å². The molecular formula is C30H39N3O7. The predicted octanol–water partition coefficient (Wildman–Crippen LogP) is 5.33. The van der Waals surface area contributed by atoms with E-state index in [9.17, 15) is 24.8 Å². The molecule has 1 N–H and O–H groups in total. The molecule has 1 amide bonds. The monoisotopic (exact) mass is 553 g/mol. The summed E-state index contributed by atoms with van der Waals surface area (Å²) in [6.45, 7) is 7.35. The lowest BCUT2D eigenvalue weighted by molar-refractivity contribution is -0.384. The van der Waals surface area contributed by atoms with Gasteiger partial charge >= 0.3 is 0 Å². The van der Waals surface area contributed by atoms with E-state index in [4.69, 9.17) is 9.47 Å². The summed E-state index contributed by atoms with van der Waals surface area (Å²) in [6.07, 6.45) is 5.01. The number of likely N-dealkylation sites (tertiary alicyclic amines) is 1. The topological polar surface area (TPSA) is 122 Å². The summed E-state index contributed by atoms with van der Waals surface area (Å²) in [7, 11) is 3.01. The summed E-state index contributed by atoms with van der Waals surface area (Å²) in [6, 6.07) is 9.41. The van der Waals surface area contributed by atoms with E-state index >= 15 is 0 Å². The highest BCUT2D eigenvalue weighted by Gasteiger charge is 2.47. The van der Waals surface area contributed by atoms with Crippen molar-refractivity contribution in [3.05, 3.63) is 69.3 Å². The lowest BCUT2D eigenvalue weighted by Crippen LogP contribution is -2.34. The molecule has 2 aromatic carbocycles. The first kappa shape index (κ1) is 30.6. The summed E-state index contributed by atoms with van der Waals surface area (Å²) < 4.78 is 10.9. The van der Waals surface area contributed by atoms with Gasteiger partial charge in [-0.15, -0.1) is 0 Å². The van der Waals surface area contributed by atoms with E-state index in [1.807, 2.05) is 0 Å². The first-order chi connectivity index (χ1) is 19.3. The Hall–Kier alpha value is -3.92. The molecular weight excluding hydrogens is 514 g/mol. The Kier molecular flexibility index (Phi) is 11.1. The molecule has 1 heterocycles. The van der Waals surface area contributed by atoms with Gasteiger partial charge in [0, 0.05) is 35.9 Å². The van der Waals surface area contributed by atoms with E-state index in [0.29, 0.717) is 30.0 Å². The van der Waals surface area contributed by atoms with Gasteiger partial charge in [-0.25, -0.2) is 0 Å². The maximum Gasteiger partial charge on any atom is 0.295 e. The van der Waals surface area contributed by atoms with E-state index in [0.717, 1.165) is 45.3 Å². The number of aliphatic hydroxyl groups is 1. The number of amides is 1. The number of nitrogens with zero attached hydrogens (tertiary/aromatic N) is 3. The van der Waals surface area contributed by atoms with Gasteiger partial charge < -0.3 is 24.4 Å². The number of ketones is 1. The van der Waals surface area contributed by atoms with Crippen molar-refractivity contribution in [1.82, 2.24) is 9.80 Å². The summed E-state index contributed by atoms with van der Waals surface area (Å²) in [5.74, 6) is -0.979. The van der Waals surface area contributed by atoms with Crippen LogP contribution >= 0.6 is 0 Å². The minimum atomic E-state index is -0.907. The number of ether oxygens (including phenoxy) is 2. The molecule has 0 spiro atoms. The zero-order valence-corrected chi connectivity index (χ0v) is 23.7. The van der Waals surface area contributed by atoms with E-state index in [2.05, 4.69) is 18.7 Å². The maximum atomic E-state index is 13.4. The second-order valence-electron chi connectivity index (χ2n) is 9.81. The smallest absolute Gasteiger partial charge is 0.295 e. The fraction of sp³-hybridized carbons (Fsp3) is 0.467. The molecule has 1 unspecified atom stereocenters. The fourth-order valence-electron chi connectivity index (χ4n) is 4.94. The molecule has 10 heteroatoms. The minimum absolute atomic E-state index is 0.0869. The van der Waals surface area contributed by atoms with Crippen LogP contribution in [0.25, 0.3) is 5.76 Å². The summed E-state index contributed by atoms with van der Waals surface area (Å²) in [4.78, 5) is 41.2. The first-order valence-corrected chi connectivity index (χ1v) is 13.7. The highest BCUT2D eigenvalue weighted by Crippen LogP contribution is 2.43. The van der Waals surface area contributed by atoms with Gasteiger partial charge in [-0.1, -0.05) is 26.7 Å². The summed E-state index contributed by atoms with van der Waals surface area (Å²) in [5, 5.41) is 22.4. The molecule has 0 bridgehead atoms. The number of nitro groups is 1. The number of carbonyl (C=O) groups is 2. The van der Waals surface area contributed by atoms with Crippen molar-refractivity contribution in [3.8, 4) is 11.5 Å². The molecule has 2 aromatic rings. The van der Waals surface area contributed by atoms with Crippen LogP contribution in [0.2, 0.25) is 0 Å². The Balaban J connectivity index is 2.02. The van der Waals surface area contributed by atoms with Crippen LogP contribution in [0.3, 0.4) is 0 Å². The zero-order valence-electron chi connectivity index (χ0n) is 23.7. The zero-order chi connectivity index (χ0) is 29.2. The van der Waals surface area contributed by atoms with Crippen molar-refractivity contribution in [3.63, 3.8) is 0 Å². The van der Waals surface area contributed by atoms with Crippen molar-refractivity contribution in [1.29, 1.82) is 0 Å². The molecule has 1 atom stereocenters. The second kappa shape index (κ2) is 14.5. The molecule has 0 radical (unpaired) electrons. The van der Waals surface area contributed by atoms with E-state index < -0.39 is 28.4 Å². The van der Waals surface area contributed by atoms with Crippen LogP contribution in [0.4, 0.5) is 5.69 Å². The van der Waals surface area contributed by atoms with Crippen LogP contribution in [0, 0.1) is 10.1 Å². The third-order valence-electron chi connectivity index (χ3n) is 7.16. The molecule has 1 fully saturated rings. The van der Waals surface area contributed by atoms with Gasteiger partial charge in [-0.05, 0) is 63.2 Å². The number of nitro benzene ring substituents is 1. The molecule has 0 aliphatic carbocycles. The van der Waals surface area contributed by atoms with E-state index in [1.165, 1.54) is 43.4 Å². The number of aliphatic hydroxyl groups excluding tert-OH is 1. The second-order valence-corrected chi connectivity index (χ2v) is 9.81. The van der Waals surface area contributed by atoms with Gasteiger partial charge in [-0.3, -0.25) is 19.7 Å². The number of benzene rings is 2. The normalized spacial score (nSPS) is 16.5. The third-order valence-corrected chi connectivity index (χ3v) is 7.16. The molecule has 1 saturated heterocycles. The number of methoxy groups -OCH3 is 2. The molecule has 0 aromatic heterocycles. The Bertz CT molecular complexity index is 1220. The molecule has 216 valence electrons. The van der Waals surface area contributed by atoms with Crippen LogP contribution in [-0.4, -0.2) is 71.9 Å². The van der Waals surface area contributed by atoms with Gasteiger partial charge in [-0.2, -0.15) is 0 Å². The van der Waals surface area contributed by atoms with E-state index in [-0.39, 0.29) is 16.8 Å². The van der Waals surface area contributed by atoms with Crippen LogP contribution in [0.1, 0.15) is 63.1 Å². The lowest BCUT2D eigenvalue weighted by Gasteiger charge is -2.28. The molecule has 1 aliphatic heterocycles. The number of Topliss-reactive ketones (excluding diaryl/α,β-unsaturated/α-hetero) is 1. The van der Waals surface area contributed by atoms with Gasteiger partial charge in [0.15, 0.2) is 0 Å². The number of rotatable bonds is 15. The third kappa shape index (κ3) is 6.98. The maximum absolute atomic E-state index is 13.4. The summed E-state index contributed by atoms with van der Waals surface area (Å²) in [5.41, 5.74) is 0.489. The average Bonchev–Trinajstić information content (AvgIpc) is 3.22. The van der Waals surface area contributed by atoms with Crippen LogP contribution in [0.15, 0.2) is 48.0 Å². The Morgan fingerprint density at radius 3 is 2.15 bits per heavy atom. The van der Waals surface area contributed by atoms with Crippen LogP contribution in [0.5, 0.6) is 11.5 Å². The van der Waals surface area contributed by atoms with Crippen molar-refractivity contribution < 1.29 is 29.1 Å². The van der Waals surface area contributed by atoms with Gasteiger partial charge in [0.2, 0.25) is 0 Å². The largest absolute Gasteiger partial charge is 0.507 e. The highest BCUT2D eigenvalue weighted by molar-refractivity contribution is 6.46. The SMILES string of the molecule is CCCCN(CCCC)CCCN1C(=O)C(=O)/C(=C(\O)c2ccc([N+](=O)[O-])cc2)C1c1ccc(OC)cc1OC. The molecule has 3 rings (SSSR count). The van der Waals surface area contributed by atoms with Crippen LogP contribution < -0.4 is 9.47 Å². The lowest BCUT2D eigenvalue weighted by atomic mass is 9.94. The van der Waals surface area contributed by atoms with Crippen molar-refractivity contribution in [2.45, 2.75) is 52.0 Å². The molecule has 40 heavy (non-hydrogen) atoms. The first-order valence-electron chi connectivity index (χ1n) is 13.7. The number of hydrogen-bond donors (Lipinski definition) is 1. The number of hydrogen-bond acceptors (Lipinski definition) is 8. The predicted molar refractivity (Wildman–Crippen MR) is 153 cm³/mol. The van der Waals surface area contributed by atoms with Gasteiger partial charge in [0.1, 0.15) is 17.3 Å². The molecule has 10 nitrogen and oxygen atoms in total. The highest BCUT2D eigenvalue weighted by atomic mass is 16.6. The molecule has 0 saturated carbocycles. The standard InChI is InChI=1S/C30H39N3O7/c1-5-7-16-31(17-8-6-2)18-9-19-32-27(24-15-14-23(39-3)20-25(24)40-4)26(29(35)30(32)36)28(34)21-10-12-22(13-11-21)33(37)38/h10-15,20,27,34H,5-9,16-19H2,1-4H3/b28-26-. The average molecular weight is 554 g/mol. The molecule has 1 aliphatic rings. The van der Waals surface area contributed by atoms with Crippen molar-refractivity contribution in [2.24, 2.45) is 0 Å². The number of unbranched alkanes of at least 4 members (excludes halogenated alkanes) is 2. The number of carbonyl (C=O) groups excluding carboxylic acids is 2. The number of non-ortho nitro benzene ring substituents is 1. The quantitative estimate of drug-likeness (QED) is 0.103. The van der Waals surface area contributed by atoms with Gasteiger partial charge in [0.05, 0.1) is 30.8 Å². The van der Waals surface area contributed by atoms with E-state index in [1.54, 1.807) is 18.2 Å². The Labute approximate surface area is 235 Å². The fourth-order valence-corrected chi connectivity index (χ4v) is 4.94. The van der Waals surface area contributed by atoms with Crippen molar-refractivity contribution in [2.75, 3.05) is 40.4 Å². The van der Waals surface area contributed by atoms with Gasteiger partial charge in [0.25, 0.3) is 17.4 Å². The Morgan fingerprint density at radius 1 is 0.975 bits per heavy atom. The Morgan fingerprint density at radius 2 is 1.60 bits per heavy atom. The van der Waals surface area contributed by atoms with Crippen molar-refractivity contribution >= 4 is 23.1 Å². The summed E-state index contributed by atoms with van der Waals surface area (Å²) >= 11 is 0. The minimum Gasteiger partial charge on any atom is -0.507 e.